The van der Waals surface area contributed by atoms with E-state index in [1.54, 1.807) is 11.0 Å². The molecule has 150 valence electrons. The number of nitrogens with zero attached hydrogens (tertiary/aromatic N) is 3. The van der Waals surface area contributed by atoms with E-state index in [1.165, 1.54) is 10.9 Å². The largest absolute Gasteiger partial charge is 0.454 e. The molecule has 7 heteroatoms. The lowest BCUT2D eigenvalue weighted by atomic mass is 10.1. The van der Waals surface area contributed by atoms with Gasteiger partial charge in [0.2, 0.25) is 12.7 Å². The van der Waals surface area contributed by atoms with Gasteiger partial charge in [0, 0.05) is 26.1 Å². The summed E-state index contributed by atoms with van der Waals surface area (Å²) in [6.07, 6.45) is 1.76. The average molecular weight is 393 g/mol. The molecule has 1 aliphatic heterocycles. The fraction of sp³-hybridized carbons (Fsp3) is 0.318. The first-order valence-electron chi connectivity index (χ1n) is 9.68. The van der Waals surface area contributed by atoms with Crippen LogP contribution in [0.4, 0.5) is 0 Å². The number of rotatable bonds is 6. The molecule has 29 heavy (non-hydrogen) atoms. The normalized spacial score (nSPS) is 12.3. The van der Waals surface area contributed by atoms with Crippen molar-refractivity contribution in [1.82, 2.24) is 14.5 Å². The van der Waals surface area contributed by atoms with Crippen molar-refractivity contribution in [2.45, 2.75) is 33.4 Å². The SMILES string of the molecule is CCN(Cc1ccc2c(c1)OCO2)C(=O)CCn1cnc2c(C)cccc2c1=O. The molecular formula is C22H23N3O4. The van der Waals surface area contributed by atoms with E-state index in [4.69, 9.17) is 9.47 Å². The van der Waals surface area contributed by atoms with Gasteiger partial charge in [0.05, 0.1) is 17.2 Å². The summed E-state index contributed by atoms with van der Waals surface area (Å²) >= 11 is 0. The van der Waals surface area contributed by atoms with Gasteiger partial charge >= 0.3 is 0 Å². The predicted molar refractivity (Wildman–Crippen MR) is 109 cm³/mol. The second-order valence-corrected chi connectivity index (χ2v) is 7.06. The Bertz CT molecular complexity index is 1120. The maximum atomic E-state index is 12.7. The zero-order chi connectivity index (χ0) is 20.4. The monoisotopic (exact) mass is 393 g/mol. The summed E-state index contributed by atoms with van der Waals surface area (Å²) in [5.41, 5.74) is 2.52. The number of carbonyl (C=O) groups excluding carboxylic acids is 1. The molecule has 4 rings (SSSR count). The van der Waals surface area contributed by atoms with E-state index in [0.29, 0.717) is 36.3 Å². The molecule has 1 aliphatic rings. The first-order valence-corrected chi connectivity index (χ1v) is 9.68. The van der Waals surface area contributed by atoms with Gasteiger partial charge < -0.3 is 14.4 Å². The second-order valence-electron chi connectivity index (χ2n) is 7.06. The summed E-state index contributed by atoms with van der Waals surface area (Å²) in [7, 11) is 0. The highest BCUT2D eigenvalue weighted by Gasteiger charge is 2.17. The van der Waals surface area contributed by atoms with Crippen molar-refractivity contribution in [2.24, 2.45) is 0 Å². The van der Waals surface area contributed by atoms with Crippen molar-refractivity contribution in [3.8, 4) is 11.5 Å². The van der Waals surface area contributed by atoms with E-state index in [9.17, 15) is 9.59 Å². The summed E-state index contributed by atoms with van der Waals surface area (Å²) in [5, 5.41) is 0.577. The van der Waals surface area contributed by atoms with Gasteiger partial charge in [0.15, 0.2) is 11.5 Å². The van der Waals surface area contributed by atoms with Crippen molar-refractivity contribution in [3.63, 3.8) is 0 Å². The average Bonchev–Trinajstić information content (AvgIpc) is 3.19. The molecule has 1 amide bonds. The van der Waals surface area contributed by atoms with Crippen LogP contribution in [0.25, 0.3) is 10.9 Å². The van der Waals surface area contributed by atoms with Gasteiger partial charge in [-0.15, -0.1) is 0 Å². The van der Waals surface area contributed by atoms with Crippen LogP contribution in [0.1, 0.15) is 24.5 Å². The van der Waals surface area contributed by atoms with Gasteiger partial charge in [-0.05, 0) is 43.2 Å². The molecule has 7 nitrogen and oxygen atoms in total. The number of aromatic nitrogens is 2. The van der Waals surface area contributed by atoms with Gasteiger partial charge in [-0.2, -0.15) is 0 Å². The minimum atomic E-state index is -0.120. The minimum absolute atomic E-state index is 0.0126. The summed E-state index contributed by atoms with van der Waals surface area (Å²) in [6, 6.07) is 11.2. The molecule has 0 saturated heterocycles. The van der Waals surface area contributed by atoms with Crippen LogP contribution in [0.15, 0.2) is 47.5 Å². The maximum absolute atomic E-state index is 12.7. The first-order chi connectivity index (χ1) is 14.1. The Kier molecular flexibility index (Phi) is 5.20. The highest BCUT2D eigenvalue weighted by Crippen LogP contribution is 2.32. The maximum Gasteiger partial charge on any atom is 0.261 e. The number of ether oxygens (including phenoxy) is 2. The van der Waals surface area contributed by atoms with Crippen molar-refractivity contribution in [1.29, 1.82) is 0 Å². The van der Waals surface area contributed by atoms with Gasteiger partial charge in [-0.25, -0.2) is 4.98 Å². The van der Waals surface area contributed by atoms with Crippen LogP contribution >= 0.6 is 0 Å². The number of aryl methyl sites for hydroxylation is 2. The van der Waals surface area contributed by atoms with Crippen molar-refractivity contribution >= 4 is 16.8 Å². The predicted octanol–water partition coefficient (Wildman–Crippen LogP) is 2.87. The number of fused-ring (bicyclic) bond motifs is 2. The lowest BCUT2D eigenvalue weighted by molar-refractivity contribution is -0.131. The van der Waals surface area contributed by atoms with E-state index in [2.05, 4.69) is 4.98 Å². The van der Waals surface area contributed by atoms with Crippen LogP contribution in [0.2, 0.25) is 0 Å². The minimum Gasteiger partial charge on any atom is -0.454 e. The van der Waals surface area contributed by atoms with Gasteiger partial charge in [0.1, 0.15) is 0 Å². The third-order valence-corrected chi connectivity index (χ3v) is 5.17. The van der Waals surface area contributed by atoms with E-state index in [1.807, 2.05) is 44.2 Å². The lowest BCUT2D eigenvalue weighted by Gasteiger charge is -2.21. The fourth-order valence-corrected chi connectivity index (χ4v) is 3.51. The van der Waals surface area contributed by atoms with E-state index in [0.717, 1.165) is 16.9 Å². The van der Waals surface area contributed by atoms with Crippen LogP contribution in [-0.2, 0) is 17.9 Å². The Hall–Kier alpha value is -3.35. The molecule has 0 saturated carbocycles. The quantitative estimate of drug-likeness (QED) is 0.644. The molecule has 0 N–H and O–H groups in total. The number of carbonyl (C=O) groups is 1. The first kappa shape index (κ1) is 19.0. The molecule has 0 aliphatic carbocycles. The molecule has 0 bridgehead atoms. The van der Waals surface area contributed by atoms with Gasteiger partial charge in [0.25, 0.3) is 5.56 Å². The number of para-hydroxylation sites is 1. The van der Waals surface area contributed by atoms with Crippen LogP contribution in [-0.4, -0.2) is 33.7 Å². The van der Waals surface area contributed by atoms with Crippen LogP contribution in [0, 0.1) is 6.92 Å². The Morgan fingerprint density at radius 3 is 2.86 bits per heavy atom. The van der Waals surface area contributed by atoms with Crippen LogP contribution in [0.5, 0.6) is 11.5 Å². The summed E-state index contributed by atoms with van der Waals surface area (Å²) in [5.74, 6) is 1.41. The van der Waals surface area contributed by atoms with E-state index in [-0.39, 0.29) is 24.7 Å². The Balaban J connectivity index is 1.45. The molecule has 0 fully saturated rings. The van der Waals surface area contributed by atoms with Gasteiger partial charge in [-0.1, -0.05) is 18.2 Å². The van der Waals surface area contributed by atoms with E-state index >= 15 is 0 Å². The van der Waals surface area contributed by atoms with Crippen LogP contribution < -0.4 is 15.0 Å². The Labute approximate surface area is 168 Å². The van der Waals surface area contributed by atoms with Crippen molar-refractivity contribution in [2.75, 3.05) is 13.3 Å². The molecule has 0 unspecified atom stereocenters. The van der Waals surface area contributed by atoms with Crippen LogP contribution in [0.3, 0.4) is 0 Å². The fourth-order valence-electron chi connectivity index (χ4n) is 3.51. The van der Waals surface area contributed by atoms with Crippen molar-refractivity contribution in [3.05, 3.63) is 64.2 Å². The topological polar surface area (TPSA) is 73.7 Å². The summed E-state index contributed by atoms with van der Waals surface area (Å²) in [6.45, 7) is 5.46. The molecule has 0 radical (unpaired) electrons. The summed E-state index contributed by atoms with van der Waals surface area (Å²) < 4.78 is 12.2. The summed E-state index contributed by atoms with van der Waals surface area (Å²) in [4.78, 5) is 31.6. The highest BCUT2D eigenvalue weighted by molar-refractivity contribution is 5.80. The number of hydrogen-bond donors (Lipinski definition) is 0. The number of amides is 1. The molecule has 3 aromatic rings. The lowest BCUT2D eigenvalue weighted by Crippen LogP contribution is -2.32. The molecule has 2 heterocycles. The zero-order valence-corrected chi connectivity index (χ0v) is 16.6. The molecular weight excluding hydrogens is 370 g/mol. The highest BCUT2D eigenvalue weighted by atomic mass is 16.7. The molecule has 2 aromatic carbocycles. The van der Waals surface area contributed by atoms with Crippen molar-refractivity contribution < 1.29 is 14.3 Å². The second kappa shape index (κ2) is 7.95. The molecule has 0 spiro atoms. The Morgan fingerprint density at radius 1 is 1.21 bits per heavy atom. The molecule has 0 atom stereocenters. The standard InChI is InChI=1S/C22H23N3O4/c1-3-24(12-16-7-8-18-19(11-16)29-14-28-18)20(26)9-10-25-13-23-21-15(2)5-4-6-17(21)22(25)27/h4-8,11,13H,3,9-10,12,14H2,1-2H3. The third kappa shape index (κ3) is 3.81. The smallest absolute Gasteiger partial charge is 0.261 e. The van der Waals surface area contributed by atoms with E-state index < -0.39 is 0 Å². The Morgan fingerprint density at radius 2 is 2.03 bits per heavy atom. The number of hydrogen-bond acceptors (Lipinski definition) is 5. The number of benzene rings is 2. The zero-order valence-electron chi connectivity index (χ0n) is 16.6. The molecule has 1 aromatic heterocycles. The third-order valence-electron chi connectivity index (χ3n) is 5.17. The van der Waals surface area contributed by atoms with Gasteiger partial charge in [-0.3, -0.25) is 14.2 Å².